The van der Waals surface area contributed by atoms with Crippen molar-refractivity contribution in [2.75, 3.05) is 13.1 Å². The molecule has 1 amide bonds. The third-order valence-corrected chi connectivity index (χ3v) is 7.63. The molecule has 1 aliphatic rings. The van der Waals surface area contributed by atoms with E-state index in [4.69, 9.17) is 0 Å². The fraction of sp³-hybridized carbons (Fsp3) is 0.348. The van der Waals surface area contributed by atoms with Crippen LogP contribution in [0.1, 0.15) is 43.4 Å². The number of sulfonamides is 1. The minimum atomic E-state index is -3.41. The molecule has 2 aromatic carbocycles. The summed E-state index contributed by atoms with van der Waals surface area (Å²) in [6, 6.07) is 14.5. The van der Waals surface area contributed by atoms with Crippen LogP contribution in [0.15, 0.2) is 66.1 Å². The zero-order valence-electron chi connectivity index (χ0n) is 18.0. The molecule has 0 bridgehead atoms. The van der Waals surface area contributed by atoms with Crippen LogP contribution in [-0.4, -0.2) is 46.5 Å². The predicted molar refractivity (Wildman–Crippen MR) is 121 cm³/mol. The minimum absolute atomic E-state index is 0.0494. The number of rotatable bonds is 8. The average molecular weight is 454 g/mol. The first-order chi connectivity index (χ1) is 15.4. The van der Waals surface area contributed by atoms with E-state index in [-0.39, 0.29) is 11.9 Å². The summed E-state index contributed by atoms with van der Waals surface area (Å²) in [5.74, 6) is -0.0494. The maximum atomic E-state index is 12.6. The van der Waals surface area contributed by atoms with Crippen molar-refractivity contribution < 1.29 is 13.2 Å². The number of hydrogen-bond donors (Lipinski definition) is 1. The molecule has 0 unspecified atom stereocenters. The molecule has 0 radical (unpaired) electrons. The molecule has 0 spiro atoms. The highest BCUT2D eigenvalue weighted by Gasteiger charge is 2.26. The number of hydrogen-bond acceptors (Lipinski definition) is 5. The molecule has 3 aromatic rings. The molecule has 1 N–H and O–H groups in total. The number of carbonyl (C=O) groups excluding carboxylic acids is 1. The monoisotopic (exact) mass is 453 g/mol. The van der Waals surface area contributed by atoms with Crippen molar-refractivity contribution in [3.63, 3.8) is 0 Å². The van der Waals surface area contributed by atoms with E-state index in [0.29, 0.717) is 30.8 Å². The lowest BCUT2D eigenvalue weighted by Gasteiger charge is -2.16. The summed E-state index contributed by atoms with van der Waals surface area (Å²) in [4.78, 5) is 16.7. The van der Waals surface area contributed by atoms with E-state index < -0.39 is 10.0 Å². The van der Waals surface area contributed by atoms with Gasteiger partial charge in [0.1, 0.15) is 12.7 Å². The van der Waals surface area contributed by atoms with Crippen molar-refractivity contribution in [3.8, 4) is 5.69 Å². The number of benzene rings is 2. The summed E-state index contributed by atoms with van der Waals surface area (Å²) in [6.07, 6.45) is 5.83. The lowest BCUT2D eigenvalue weighted by Crippen LogP contribution is -2.28. The van der Waals surface area contributed by atoms with Crippen molar-refractivity contribution in [1.82, 2.24) is 24.4 Å². The molecule has 168 valence electrons. The quantitative estimate of drug-likeness (QED) is 0.566. The maximum absolute atomic E-state index is 12.6. The normalized spacial score (nSPS) is 15.5. The fourth-order valence-electron chi connectivity index (χ4n) is 3.82. The van der Waals surface area contributed by atoms with Gasteiger partial charge in [-0.2, -0.15) is 9.40 Å². The Bertz CT molecular complexity index is 1140. The summed E-state index contributed by atoms with van der Waals surface area (Å²) in [7, 11) is -3.41. The van der Waals surface area contributed by atoms with Crippen LogP contribution < -0.4 is 5.32 Å². The third-order valence-electron chi connectivity index (χ3n) is 5.72. The van der Waals surface area contributed by atoms with Gasteiger partial charge in [0.2, 0.25) is 15.9 Å². The Kier molecular flexibility index (Phi) is 6.66. The molecular weight excluding hydrogens is 426 g/mol. The lowest BCUT2D eigenvalue weighted by molar-refractivity contribution is -0.121. The topological polar surface area (TPSA) is 97.2 Å². The first-order valence-corrected chi connectivity index (χ1v) is 12.2. The minimum Gasteiger partial charge on any atom is -0.350 e. The van der Waals surface area contributed by atoms with E-state index in [1.54, 1.807) is 35.3 Å². The molecule has 1 atom stereocenters. The highest BCUT2D eigenvalue weighted by Crippen LogP contribution is 2.21. The maximum Gasteiger partial charge on any atom is 0.243 e. The summed E-state index contributed by atoms with van der Waals surface area (Å²) >= 11 is 0. The third kappa shape index (κ3) is 5.05. The van der Waals surface area contributed by atoms with Crippen molar-refractivity contribution in [2.45, 2.75) is 43.5 Å². The Morgan fingerprint density at radius 3 is 2.38 bits per heavy atom. The molecule has 0 saturated carbocycles. The smallest absolute Gasteiger partial charge is 0.243 e. The first-order valence-electron chi connectivity index (χ1n) is 10.8. The summed E-state index contributed by atoms with van der Waals surface area (Å²) < 4.78 is 28.4. The van der Waals surface area contributed by atoms with Gasteiger partial charge in [-0.15, -0.1) is 0 Å². The van der Waals surface area contributed by atoms with E-state index in [2.05, 4.69) is 15.4 Å². The molecule has 0 aliphatic carbocycles. The van der Waals surface area contributed by atoms with E-state index >= 15 is 0 Å². The number of nitrogens with zero attached hydrogens (tertiary/aromatic N) is 4. The SMILES string of the molecule is C[C@H](NC(=O)CCc1ccc(S(=O)(=O)N2CCCC2)cc1)c1ccc(-n2cncn2)cc1. The second-order valence-corrected chi connectivity index (χ2v) is 9.91. The summed E-state index contributed by atoms with van der Waals surface area (Å²) in [6.45, 7) is 3.12. The van der Waals surface area contributed by atoms with Crippen molar-refractivity contribution in [3.05, 3.63) is 72.3 Å². The average Bonchev–Trinajstić information content (AvgIpc) is 3.53. The Morgan fingerprint density at radius 2 is 1.75 bits per heavy atom. The zero-order valence-corrected chi connectivity index (χ0v) is 18.8. The van der Waals surface area contributed by atoms with Gasteiger partial charge in [-0.1, -0.05) is 24.3 Å². The van der Waals surface area contributed by atoms with Gasteiger partial charge >= 0.3 is 0 Å². The Labute approximate surface area is 188 Å². The second-order valence-electron chi connectivity index (χ2n) is 7.98. The molecule has 9 heteroatoms. The van der Waals surface area contributed by atoms with Gasteiger partial charge < -0.3 is 5.32 Å². The fourth-order valence-corrected chi connectivity index (χ4v) is 5.33. The Balaban J connectivity index is 1.29. The molecule has 32 heavy (non-hydrogen) atoms. The van der Waals surface area contributed by atoms with Crippen LogP contribution in [0.3, 0.4) is 0 Å². The summed E-state index contributed by atoms with van der Waals surface area (Å²) in [5.41, 5.74) is 2.84. The Hall–Kier alpha value is -3.04. The van der Waals surface area contributed by atoms with E-state index in [9.17, 15) is 13.2 Å². The van der Waals surface area contributed by atoms with Gasteiger partial charge in [0, 0.05) is 19.5 Å². The molecule has 2 heterocycles. The van der Waals surface area contributed by atoms with Gasteiger partial charge in [-0.3, -0.25) is 4.79 Å². The molecule has 8 nitrogen and oxygen atoms in total. The van der Waals surface area contributed by atoms with Gasteiger partial charge in [-0.05, 0) is 61.6 Å². The van der Waals surface area contributed by atoms with Gasteiger partial charge in [-0.25, -0.2) is 18.1 Å². The lowest BCUT2D eigenvalue weighted by atomic mass is 10.1. The predicted octanol–water partition coefficient (Wildman–Crippen LogP) is 2.86. The van der Waals surface area contributed by atoms with Gasteiger partial charge in [0.05, 0.1) is 16.6 Å². The highest BCUT2D eigenvalue weighted by molar-refractivity contribution is 7.89. The second kappa shape index (κ2) is 9.62. The van der Waals surface area contributed by atoms with Crippen molar-refractivity contribution in [2.24, 2.45) is 0 Å². The van der Waals surface area contributed by atoms with E-state index in [1.807, 2.05) is 31.2 Å². The number of carbonyl (C=O) groups is 1. The van der Waals surface area contributed by atoms with Crippen LogP contribution >= 0.6 is 0 Å². The van der Waals surface area contributed by atoms with E-state index in [0.717, 1.165) is 29.7 Å². The van der Waals surface area contributed by atoms with Gasteiger partial charge in [0.25, 0.3) is 0 Å². The molecule has 1 aliphatic heterocycles. The highest BCUT2D eigenvalue weighted by atomic mass is 32.2. The van der Waals surface area contributed by atoms with Crippen LogP contribution in [0, 0.1) is 0 Å². The van der Waals surface area contributed by atoms with Crippen LogP contribution in [0.2, 0.25) is 0 Å². The standard InChI is InChI=1S/C23H27N5O3S/c1-18(20-7-9-21(10-8-20)28-17-24-16-25-28)26-23(29)13-6-19-4-11-22(12-5-19)32(30,31)27-14-2-3-15-27/h4-5,7-12,16-18H,2-3,6,13-15H2,1H3,(H,26,29)/t18-/m0/s1. The first kappa shape index (κ1) is 22.2. The Morgan fingerprint density at radius 1 is 1.06 bits per heavy atom. The molecular formula is C23H27N5O3S. The van der Waals surface area contributed by atoms with Crippen molar-refractivity contribution >= 4 is 15.9 Å². The molecule has 4 rings (SSSR count). The van der Waals surface area contributed by atoms with Crippen LogP contribution in [0.5, 0.6) is 0 Å². The molecule has 1 saturated heterocycles. The zero-order chi connectivity index (χ0) is 22.6. The summed E-state index contributed by atoms with van der Waals surface area (Å²) in [5, 5.41) is 7.12. The van der Waals surface area contributed by atoms with Gasteiger partial charge in [0.15, 0.2) is 0 Å². The molecule has 1 fully saturated rings. The van der Waals surface area contributed by atoms with Crippen LogP contribution in [0.25, 0.3) is 5.69 Å². The number of aryl methyl sites for hydroxylation is 1. The molecule has 1 aromatic heterocycles. The van der Waals surface area contributed by atoms with Crippen molar-refractivity contribution in [1.29, 1.82) is 0 Å². The van der Waals surface area contributed by atoms with Crippen LogP contribution in [0.4, 0.5) is 0 Å². The number of amides is 1. The van der Waals surface area contributed by atoms with Crippen LogP contribution in [-0.2, 0) is 21.2 Å². The number of nitrogens with one attached hydrogen (secondary N) is 1. The number of aromatic nitrogens is 3. The van der Waals surface area contributed by atoms with E-state index in [1.165, 1.54) is 10.6 Å². The largest absolute Gasteiger partial charge is 0.350 e.